The molecule has 4 heteroatoms. The van der Waals surface area contributed by atoms with Gasteiger partial charge in [-0.1, -0.05) is 12.2 Å². The fourth-order valence-electron chi connectivity index (χ4n) is 1.17. The lowest BCUT2D eigenvalue weighted by molar-refractivity contribution is 0.998. The Morgan fingerprint density at radius 2 is 2.38 bits per heavy atom. The predicted molar refractivity (Wildman–Crippen MR) is 55.0 cm³/mol. The highest BCUT2D eigenvalue weighted by atomic mass is 32.1. The van der Waals surface area contributed by atoms with Gasteiger partial charge in [0.2, 0.25) is 0 Å². The Kier molecular flexibility index (Phi) is 2.23. The summed E-state index contributed by atoms with van der Waals surface area (Å²) in [5.74, 6) is 0.973. The summed E-state index contributed by atoms with van der Waals surface area (Å²) in [6.45, 7) is 0.867. The molecule has 1 aliphatic rings. The van der Waals surface area contributed by atoms with E-state index in [-0.39, 0.29) is 0 Å². The van der Waals surface area contributed by atoms with E-state index in [0.29, 0.717) is 4.77 Å². The second-order valence-electron chi connectivity index (χ2n) is 2.68. The van der Waals surface area contributed by atoms with Crippen molar-refractivity contribution < 1.29 is 0 Å². The summed E-state index contributed by atoms with van der Waals surface area (Å²) in [6.07, 6.45) is 9.80. The molecule has 1 aliphatic heterocycles. The highest BCUT2D eigenvalue weighted by Gasteiger charge is 2.02. The van der Waals surface area contributed by atoms with Crippen molar-refractivity contribution in [1.29, 1.82) is 0 Å². The van der Waals surface area contributed by atoms with Gasteiger partial charge in [0, 0.05) is 18.9 Å². The molecule has 0 atom stereocenters. The molecule has 66 valence electrons. The van der Waals surface area contributed by atoms with E-state index in [1.54, 1.807) is 6.20 Å². The number of anilines is 1. The molecule has 0 saturated heterocycles. The van der Waals surface area contributed by atoms with Crippen LogP contribution in [0.15, 0.2) is 36.7 Å². The number of H-pyrrole nitrogens is 1. The van der Waals surface area contributed by atoms with E-state index >= 15 is 0 Å². The van der Waals surface area contributed by atoms with Crippen LogP contribution in [-0.4, -0.2) is 16.5 Å². The van der Waals surface area contributed by atoms with Crippen LogP contribution in [0.1, 0.15) is 0 Å². The quantitative estimate of drug-likeness (QED) is 0.689. The molecule has 0 radical (unpaired) electrons. The number of aromatic amines is 1. The number of aromatic nitrogens is 2. The third-order valence-corrected chi connectivity index (χ3v) is 1.99. The third-order valence-electron chi connectivity index (χ3n) is 1.78. The summed E-state index contributed by atoms with van der Waals surface area (Å²) in [6, 6.07) is 1.90. The topological polar surface area (TPSA) is 31.9 Å². The maximum Gasteiger partial charge on any atom is 0.198 e. The van der Waals surface area contributed by atoms with Crippen molar-refractivity contribution in [2.75, 3.05) is 11.4 Å². The lowest BCUT2D eigenvalue weighted by Gasteiger charge is -2.19. The number of nitrogens with one attached hydrogen (secondary N) is 1. The lowest BCUT2D eigenvalue weighted by Crippen LogP contribution is -2.18. The molecule has 0 saturated carbocycles. The Balaban J connectivity index is 2.30. The second-order valence-corrected chi connectivity index (χ2v) is 3.07. The van der Waals surface area contributed by atoms with Crippen molar-refractivity contribution in [3.63, 3.8) is 0 Å². The molecule has 0 spiro atoms. The van der Waals surface area contributed by atoms with Gasteiger partial charge in [-0.15, -0.1) is 0 Å². The zero-order chi connectivity index (χ0) is 9.10. The summed E-state index contributed by atoms with van der Waals surface area (Å²) in [5.41, 5.74) is 0. The first kappa shape index (κ1) is 8.19. The number of nitrogens with zero attached hydrogens (tertiary/aromatic N) is 2. The summed E-state index contributed by atoms with van der Waals surface area (Å²) in [4.78, 5) is 9.01. The van der Waals surface area contributed by atoms with Crippen LogP contribution >= 0.6 is 12.2 Å². The van der Waals surface area contributed by atoms with Crippen LogP contribution < -0.4 is 4.90 Å². The molecule has 0 aliphatic carbocycles. The molecule has 0 unspecified atom stereocenters. The maximum atomic E-state index is 4.93. The molecule has 0 aromatic carbocycles. The highest BCUT2D eigenvalue weighted by molar-refractivity contribution is 7.71. The van der Waals surface area contributed by atoms with E-state index in [2.05, 4.69) is 20.9 Å². The van der Waals surface area contributed by atoms with Gasteiger partial charge in [-0.25, -0.2) is 4.98 Å². The van der Waals surface area contributed by atoms with Gasteiger partial charge >= 0.3 is 0 Å². The first-order chi connectivity index (χ1) is 6.36. The zero-order valence-corrected chi connectivity index (χ0v) is 7.79. The predicted octanol–water partition coefficient (Wildman–Crippen LogP) is 2.03. The van der Waals surface area contributed by atoms with Crippen molar-refractivity contribution in [3.05, 3.63) is 41.5 Å². The Hall–Kier alpha value is -1.42. The third kappa shape index (κ3) is 1.84. The number of rotatable bonds is 1. The zero-order valence-electron chi connectivity index (χ0n) is 6.97. The van der Waals surface area contributed by atoms with Crippen LogP contribution in [0.25, 0.3) is 0 Å². The number of hydrogen-bond acceptors (Lipinski definition) is 3. The molecule has 2 rings (SSSR count). The van der Waals surface area contributed by atoms with Gasteiger partial charge in [0.15, 0.2) is 4.77 Å². The fourth-order valence-corrected chi connectivity index (χ4v) is 1.34. The highest BCUT2D eigenvalue weighted by Crippen LogP contribution is 2.11. The van der Waals surface area contributed by atoms with Crippen LogP contribution in [0.4, 0.5) is 5.82 Å². The van der Waals surface area contributed by atoms with Crippen molar-refractivity contribution in [1.82, 2.24) is 9.97 Å². The second kappa shape index (κ2) is 3.53. The molecular weight excluding hydrogens is 182 g/mol. The van der Waals surface area contributed by atoms with Crippen LogP contribution in [0.2, 0.25) is 0 Å². The van der Waals surface area contributed by atoms with E-state index in [1.807, 2.05) is 24.4 Å². The average Bonchev–Trinajstić information content (AvgIpc) is 2.19. The smallest absolute Gasteiger partial charge is 0.198 e. The van der Waals surface area contributed by atoms with Crippen LogP contribution in [0, 0.1) is 4.77 Å². The minimum Gasteiger partial charge on any atom is -0.331 e. The van der Waals surface area contributed by atoms with E-state index < -0.39 is 0 Å². The van der Waals surface area contributed by atoms with Crippen molar-refractivity contribution in [2.45, 2.75) is 0 Å². The Bertz CT molecular complexity index is 405. The van der Waals surface area contributed by atoms with Crippen LogP contribution in [0.3, 0.4) is 0 Å². The van der Waals surface area contributed by atoms with E-state index in [9.17, 15) is 0 Å². The van der Waals surface area contributed by atoms with Gasteiger partial charge in [0.25, 0.3) is 0 Å². The first-order valence-electron chi connectivity index (χ1n) is 4.01. The Morgan fingerprint density at radius 3 is 3.08 bits per heavy atom. The maximum absolute atomic E-state index is 4.93. The molecule has 1 aromatic heterocycles. The minimum absolute atomic E-state index is 0.514. The molecule has 2 heterocycles. The van der Waals surface area contributed by atoms with Crippen molar-refractivity contribution in [3.8, 4) is 0 Å². The van der Waals surface area contributed by atoms with E-state index in [0.717, 1.165) is 12.4 Å². The van der Waals surface area contributed by atoms with E-state index in [4.69, 9.17) is 12.2 Å². The van der Waals surface area contributed by atoms with Gasteiger partial charge in [-0.3, -0.25) is 0 Å². The molecular formula is C9H9N3S. The fraction of sp³-hybridized carbons (Fsp3) is 0.111. The summed E-state index contributed by atoms with van der Waals surface area (Å²) >= 11 is 4.93. The van der Waals surface area contributed by atoms with E-state index in [1.165, 1.54) is 0 Å². The summed E-state index contributed by atoms with van der Waals surface area (Å²) in [5, 5.41) is 0. The molecule has 0 fully saturated rings. The molecule has 13 heavy (non-hydrogen) atoms. The lowest BCUT2D eigenvalue weighted by atomic mass is 10.3. The Labute approximate surface area is 81.4 Å². The molecule has 3 nitrogen and oxygen atoms in total. The number of hydrogen-bond donors (Lipinski definition) is 1. The molecule has 0 bridgehead atoms. The van der Waals surface area contributed by atoms with Crippen molar-refractivity contribution >= 4 is 18.0 Å². The largest absolute Gasteiger partial charge is 0.331 e. The monoisotopic (exact) mass is 191 g/mol. The standard InChI is InChI=1S/C9H9N3S/c13-9-10-5-4-8(11-9)12-6-2-1-3-7-12/h1-6H,7H2,(H,10,11,13). The van der Waals surface area contributed by atoms with Gasteiger partial charge in [-0.05, 0) is 24.4 Å². The minimum atomic E-state index is 0.514. The number of allylic oxidation sites excluding steroid dienone is 2. The Morgan fingerprint density at radius 1 is 1.46 bits per heavy atom. The SMILES string of the molecule is S=c1nccc(N2C=CC=CC2)[nH]1. The van der Waals surface area contributed by atoms with Gasteiger partial charge in [0.05, 0.1) is 0 Å². The molecule has 1 N–H and O–H groups in total. The van der Waals surface area contributed by atoms with Gasteiger partial charge in [-0.2, -0.15) is 0 Å². The van der Waals surface area contributed by atoms with Crippen LogP contribution in [-0.2, 0) is 0 Å². The van der Waals surface area contributed by atoms with Gasteiger partial charge < -0.3 is 9.88 Å². The summed E-state index contributed by atoms with van der Waals surface area (Å²) in [7, 11) is 0. The summed E-state index contributed by atoms with van der Waals surface area (Å²) < 4.78 is 0.514. The molecule has 0 amide bonds. The van der Waals surface area contributed by atoms with Crippen molar-refractivity contribution in [2.24, 2.45) is 0 Å². The average molecular weight is 191 g/mol. The normalized spacial score (nSPS) is 14.9. The van der Waals surface area contributed by atoms with Gasteiger partial charge in [0.1, 0.15) is 5.82 Å². The molecule has 1 aromatic rings. The van der Waals surface area contributed by atoms with Crippen LogP contribution in [0.5, 0.6) is 0 Å². The first-order valence-corrected chi connectivity index (χ1v) is 4.42.